The lowest BCUT2D eigenvalue weighted by Crippen LogP contribution is -2.39. The highest BCUT2D eigenvalue weighted by atomic mass is 16.5. The Morgan fingerprint density at radius 3 is 2.37 bits per heavy atom. The van der Waals surface area contributed by atoms with E-state index < -0.39 is 0 Å². The van der Waals surface area contributed by atoms with E-state index in [-0.39, 0.29) is 6.04 Å². The average Bonchev–Trinajstić information content (AvgIpc) is 2.43. The molecule has 0 heterocycles. The number of nitrogens with two attached hydrogens (primary N) is 1. The fraction of sp³-hybridized carbons (Fsp3) is 0.533. The first-order chi connectivity index (χ1) is 9.13. The van der Waals surface area contributed by atoms with Gasteiger partial charge in [-0.25, -0.2) is 0 Å². The van der Waals surface area contributed by atoms with Crippen LogP contribution in [0.5, 0.6) is 5.75 Å². The molecule has 0 saturated heterocycles. The number of ether oxygens (including phenoxy) is 1. The van der Waals surface area contributed by atoms with Gasteiger partial charge in [0.1, 0.15) is 5.75 Å². The first-order valence-corrected chi connectivity index (χ1v) is 6.60. The summed E-state index contributed by atoms with van der Waals surface area (Å²) in [6, 6.07) is 10.7. The summed E-state index contributed by atoms with van der Waals surface area (Å²) in [6.45, 7) is 5.53. The Bertz CT molecular complexity index is 408. The molecular formula is C15H23N3O. The molecule has 0 radical (unpaired) electrons. The van der Waals surface area contributed by atoms with Crippen molar-refractivity contribution in [3.8, 4) is 11.8 Å². The van der Waals surface area contributed by atoms with Gasteiger partial charge in [0.2, 0.25) is 0 Å². The third kappa shape index (κ3) is 4.23. The van der Waals surface area contributed by atoms with Gasteiger partial charge in [0.15, 0.2) is 0 Å². The molecule has 0 fully saturated rings. The minimum absolute atomic E-state index is 0.138. The predicted octanol–water partition coefficient (Wildman–Crippen LogP) is 2.32. The smallest absolute Gasteiger partial charge is 0.118 e. The van der Waals surface area contributed by atoms with Gasteiger partial charge in [-0.15, -0.1) is 0 Å². The molecule has 4 heteroatoms. The molecule has 1 rings (SSSR count). The van der Waals surface area contributed by atoms with Crippen molar-refractivity contribution in [2.75, 3.05) is 20.2 Å². The van der Waals surface area contributed by atoms with Gasteiger partial charge >= 0.3 is 0 Å². The summed E-state index contributed by atoms with van der Waals surface area (Å²) in [5.74, 6) is 0.840. The van der Waals surface area contributed by atoms with Crippen molar-refractivity contribution in [2.45, 2.75) is 32.4 Å². The van der Waals surface area contributed by atoms with Crippen LogP contribution in [0.2, 0.25) is 0 Å². The third-order valence-electron chi connectivity index (χ3n) is 3.27. The molecule has 0 amide bonds. The van der Waals surface area contributed by atoms with Gasteiger partial charge in [-0.05, 0) is 31.5 Å². The number of methoxy groups -OCH3 is 1. The summed E-state index contributed by atoms with van der Waals surface area (Å²) in [4.78, 5) is 2.27. The molecule has 1 aromatic carbocycles. The largest absolute Gasteiger partial charge is 0.497 e. The van der Waals surface area contributed by atoms with Crippen molar-refractivity contribution >= 4 is 0 Å². The van der Waals surface area contributed by atoms with E-state index in [0.29, 0.717) is 19.0 Å². The lowest BCUT2D eigenvalue weighted by molar-refractivity contribution is 0.161. The number of benzene rings is 1. The van der Waals surface area contributed by atoms with Crippen LogP contribution in [0.4, 0.5) is 0 Å². The van der Waals surface area contributed by atoms with Crippen LogP contribution >= 0.6 is 0 Å². The molecular weight excluding hydrogens is 238 g/mol. The normalized spacial score (nSPS) is 12.5. The van der Waals surface area contributed by atoms with Gasteiger partial charge in [0.25, 0.3) is 0 Å². The molecule has 4 nitrogen and oxygen atoms in total. The van der Waals surface area contributed by atoms with E-state index in [0.717, 1.165) is 17.9 Å². The first-order valence-electron chi connectivity index (χ1n) is 6.60. The van der Waals surface area contributed by atoms with Crippen molar-refractivity contribution in [1.29, 1.82) is 5.26 Å². The molecule has 2 N–H and O–H groups in total. The van der Waals surface area contributed by atoms with E-state index >= 15 is 0 Å². The molecule has 0 aromatic heterocycles. The van der Waals surface area contributed by atoms with Crippen molar-refractivity contribution in [3.05, 3.63) is 29.8 Å². The summed E-state index contributed by atoms with van der Waals surface area (Å²) >= 11 is 0. The molecule has 0 bridgehead atoms. The molecule has 1 unspecified atom stereocenters. The van der Waals surface area contributed by atoms with E-state index in [1.54, 1.807) is 7.11 Å². The summed E-state index contributed by atoms with van der Waals surface area (Å²) in [5.41, 5.74) is 7.09. The number of rotatable bonds is 7. The minimum Gasteiger partial charge on any atom is -0.497 e. The number of hydrogen-bond acceptors (Lipinski definition) is 4. The maximum atomic E-state index is 8.77. The Morgan fingerprint density at radius 1 is 1.32 bits per heavy atom. The maximum absolute atomic E-state index is 8.77. The number of hydrogen-bond donors (Lipinski definition) is 1. The first kappa shape index (κ1) is 15.5. The Labute approximate surface area is 115 Å². The fourth-order valence-electron chi connectivity index (χ4n) is 2.24. The Hall–Kier alpha value is -1.57. The molecule has 1 atom stereocenters. The highest BCUT2D eigenvalue weighted by Gasteiger charge is 2.21. The van der Waals surface area contributed by atoms with Gasteiger partial charge in [0, 0.05) is 31.6 Å². The van der Waals surface area contributed by atoms with Crippen molar-refractivity contribution in [1.82, 2.24) is 4.90 Å². The highest BCUT2D eigenvalue weighted by molar-refractivity contribution is 5.29. The summed E-state index contributed by atoms with van der Waals surface area (Å²) in [6.07, 6.45) is 0.519. The van der Waals surface area contributed by atoms with Crippen LogP contribution in [-0.4, -0.2) is 31.1 Å². The molecule has 0 saturated carbocycles. The molecule has 19 heavy (non-hydrogen) atoms. The van der Waals surface area contributed by atoms with Gasteiger partial charge in [0.05, 0.1) is 13.2 Å². The van der Waals surface area contributed by atoms with Crippen molar-refractivity contribution in [2.24, 2.45) is 5.73 Å². The summed E-state index contributed by atoms with van der Waals surface area (Å²) < 4.78 is 5.17. The Morgan fingerprint density at radius 2 is 1.95 bits per heavy atom. The second-order valence-electron chi connectivity index (χ2n) is 4.76. The Balaban J connectivity index is 2.91. The third-order valence-corrected chi connectivity index (χ3v) is 3.27. The van der Waals surface area contributed by atoms with E-state index in [4.69, 9.17) is 15.7 Å². The van der Waals surface area contributed by atoms with E-state index in [1.807, 2.05) is 24.3 Å². The van der Waals surface area contributed by atoms with Gasteiger partial charge in [-0.3, -0.25) is 4.90 Å². The molecule has 0 aliphatic heterocycles. The zero-order valence-electron chi connectivity index (χ0n) is 12.0. The topological polar surface area (TPSA) is 62.3 Å². The van der Waals surface area contributed by atoms with Gasteiger partial charge in [-0.1, -0.05) is 12.1 Å². The highest BCUT2D eigenvalue weighted by Crippen LogP contribution is 2.24. The number of nitrogens with zero attached hydrogens (tertiary/aromatic N) is 2. The van der Waals surface area contributed by atoms with Gasteiger partial charge < -0.3 is 10.5 Å². The molecule has 104 valence electrons. The predicted molar refractivity (Wildman–Crippen MR) is 76.9 cm³/mol. The minimum atomic E-state index is 0.138. The molecule has 0 aliphatic carbocycles. The molecule has 0 aliphatic rings. The SMILES string of the molecule is COc1ccc(C(CN)N(CCC#N)C(C)C)cc1. The zero-order valence-corrected chi connectivity index (χ0v) is 12.0. The van der Waals surface area contributed by atoms with Crippen LogP contribution < -0.4 is 10.5 Å². The van der Waals surface area contributed by atoms with Crippen LogP contribution in [0.3, 0.4) is 0 Å². The zero-order chi connectivity index (χ0) is 14.3. The van der Waals surface area contributed by atoms with Crippen molar-refractivity contribution < 1.29 is 4.74 Å². The van der Waals surface area contributed by atoms with Crippen LogP contribution in [0, 0.1) is 11.3 Å². The maximum Gasteiger partial charge on any atom is 0.118 e. The van der Waals surface area contributed by atoms with Crippen LogP contribution in [0.15, 0.2) is 24.3 Å². The fourth-order valence-corrected chi connectivity index (χ4v) is 2.24. The van der Waals surface area contributed by atoms with Crippen LogP contribution in [0.25, 0.3) is 0 Å². The number of nitriles is 1. The second-order valence-corrected chi connectivity index (χ2v) is 4.76. The van der Waals surface area contributed by atoms with Crippen molar-refractivity contribution in [3.63, 3.8) is 0 Å². The lowest BCUT2D eigenvalue weighted by Gasteiger charge is -2.34. The van der Waals surface area contributed by atoms with E-state index in [2.05, 4.69) is 24.8 Å². The van der Waals surface area contributed by atoms with Gasteiger partial charge in [-0.2, -0.15) is 5.26 Å². The van der Waals surface area contributed by atoms with Crippen LogP contribution in [0.1, 0.15) is 31.9 Å². The van der Waals surface area contributed by atoms with E-state index in [9.17, 15) is 0 Å². The summed E-state index contributed by atoms with van der Waals surface area (Å²) in [7, 11) is 1.66. The molecule has 1 aromatic rings. The monoisotopic (exact) mass is 261 g/mol. The van der Waals surface area contributed by atoms with E-state index in [1.165, 1.54) is 0 Å². The quantitative estimate of drug-likeness (QED) is 0.818. The Kier molecular flexibility index (Phi) is 6.34. The molecule has 0 spiro atoms. The van der Waals surface area contributed by atoms with Crippen LogP contribution in [-0.2, 0) is 0 Å². The standard InChI is InChI=1S/C15H23N3O/c1-12(2)18(10-4-9-16)15(11-17)13-5-7-14(19-3)8-6-13/h5-8,12,15H,4,10-11,17H2,1-3H3. The lowest BCUT2D eigenvalue weighted by atomic mass is 10.0. The second kappa shape index (κ2) is 7.78. The average molecular weight is 261 g/mol. The summed E-state index contributed by atoms with van der Waals surface area (Å²) in [5, 5.41) is 8.77.